The summed E-state index contributed by atoms with van der Waals surface area (Å²) in [5.41, 5.74) is 7.75. The number of allylic oxidation sites excluding steroid dienone is 3. The van der Waals surface area contributed by atoms with E-state index in [-0.39, 0.29) is 5.96 Å². The first kappa shape index (κ1) is 17.0. The van der Waals surface area contributed by atoms with Crippen molar-refractivity contribution < 1.29 is 4.74 Å². The molecular formula is C19H20N4O. The van der Waals surface area contributed by atoms with Crippen molar-refractivity contribution in [3.8, 4) is 5.75 Å². The molecule has 0 unspecified atom stereocenters. The van der Waals surface area contributed by atoms with E-state index in [4.69, 9.17) is 10.5 Å². The molecule has 1 aromatic carbocycles. The van der Waals surface area contributed by atoms with Crippen LogP contribution >= 0.6 is 0 Å². The summed E-state index contributed by atoms with van der Waals surface area (Å²) < 4.78 is 5.70. The van der Waals surface area contributed by atoms with Gasteiger partial charge in [-0.2, -0.15) is 4.99 Å². The molecule has 0 spiro atoms. The van der Waals surface area contributed by atoms with Crippen LogP contribution < -0.4 is 15.8 Å². The second kappa shape index (κ2) is 8.33. The highest BCUT2D eigenvalue weighted by molar-refractivity contribution is 5.93. The molecule has 5 heteroatoms. The van der Waals surface area contributed by atoms with Gasteiger partial charge in [-0.1, -0.05) is 25.3 Å². The van der Waals surface area contributed by atoms with Gasteiger partial charge in [-0.15, -0.1) is 0 Å². The minimum atomic E-state index is 0.246. The van der Waals surface area contributed by atoms with Crippen molar-refractivity contribution in [2.45, 2.75) is 6.92 Å². The summed E-state index contributed by atoms with van der Waals surface area (Å²) >= 11 is 0. The number of hydrogen-bond acceptors (Lipinski definition) is 3. The lowest BCUT2D eigenvalue weighted by molar-refractivity contribution is 0.445. The fraction of sp³-hybridized carbons (Fsp3) is 0.0526. The topological polar surface area (TPSA) is 72.5 Å². The number of guanidine groups is 1. The van der Waals surface area contributed by atoms with Crippen LogP contribution in [0.1, 0.15) is 5.56 Å². The Morgan fingerprint density at radius 1 is 1.29 bits per heavy atom. The van der Waals surface area contributed by atoms with E-state index in [2.05, 4.69) is 28.5 Å². The van der Waals surface area contributed by atoms with Gasteiger partial charge >= 0.3 is 0 Å². The highest BCUT2D eigenvalue weighted by atomic mass is 16.5. The Morgan fingerprint density at radius 3 is 2.83 bits per heavy atom. The summed E-state index contributed by atoms with van der Waals surface area (Å²) in [5.74, 6) is 2.05. The number of nitrogens with one attached hydrogen (secondary N) is 1. The Bertz CT molecular complexity index is 793. The molecule has 1 aromatic heterocycles. The number of ether oxygens (including phenoxy) is 1. The molecule has 5 nitrogen and oxygen atoms in total. The zero-order chi connectivity index (χ0) is 17.4. The quantitative estimate of drug-likeness (QED) is 0.364. The standard InChI is InChI=1S/C19H20N4O/c1-4-7-16(5-2)24-17-9-6-8-15(13-17)22-19(20)23-18-12-14(3)10-11-21-18/h4-13H,1-2H2,3H3,(H3,20,21,22,23)/b16-7+. The monoisotopic (exact) mass is 320 g/mol. The summed E-state index contributed by atoms with van der Waals surface area (Å²) in [6, 6.07) is 11.1. The highest BCUT2D eigenvalue weighted by Gasteiger charge is 2.01. The Labute approximate surface area is 141 Å². The largest absolute Gasteiger partial charge is 0.457 e. The van der Waals surface area contributed by atoms with Crippen molar-refractivity contribution in [1.29, 1.82) is 0 Å². The summed E-state index contributed by atoms with van der Waals surface area (Å²) in [7, 11) is 0. The van der Waals surface area contributed by atoms with Crippen LogP contribution in [-0.2, 0) is 0 Å². The Kier molecular flexibility index (Phi) is 5.91. The minimum absolute atomic E-state index is 0.246. The minimum Gasteiger partial charge on any atom is -0.457 e. The third-order valence-corrected chi connectivity index (χ3v) is 2.96. The number of aryl methyl sites for hydroxylation is 1. The van der Waals surface area contributed by atoms with Crippen molar-refractivity contribution in [1.82, 2.24) is 4.98 Å². The molecule has 2 rings (SSSR count). The van der Waals surface area contributed by atoms with Crippen LogP contribution in [0.15, 0.2) is 84.7 Å². The lowest BCUT2D eigenvalue weighted by atomic mass is 10.3. The van der Waals surface area contributed by atoms with Gasteiger partial charge in [0.05, 0.1) is 0 Å². The lowest BCUT2D eigenvalue weighted by Crippen LogP contribution is -2.22. The first-order chi connectivity index (χ1) is 11.6. The van der Waals surface area contributed by atoms with Gasteiger partial charge in [-0.3, -0.25) is 0 Å². The van der Waals surface area contributed by atoms with Crippen LogP contribution in [0.3, 0.4) is 0 Å². The lowest BCUT2D eigenvalue weighted by Gasteiger charge is -2.09. The first-order valence-electron chi connectivity index (χ1n) is 7.37. The number of aromatic nitrogens is 1. The van der Waals surface area contributed by atoms with Crippen molar-refractivity contribution >= 4 is 17.5 Å². The van der Waals surface area contributed by atoms with Gasteiger partial charge in [0.25, 0.3) is 0 Å². The third kappa shape index (κ3) is 5.14. The molecule has 0 amide bonds. The number of nitrogens with zero attached hydrogens (tertiary/aromatic N) is 2. The maximum atomic E-state index is 5.93. The molecule has 122 valence electrons. The molecule has 2 aromatic rings. The van der Waals surface area contributed by atoms with Gasteiger partial charge in [0.1, 0.15) is 11.5 Å². The van der Waals surface area contributed by atoms with E-state index in [9.17, 15) is 0 Å². The van der Waals surface area contributed by atoms with Crippen LogP contribution in [-0.4, -0.2) is 10.9 Å². The zero-order valence-electron chi connectivity index (χ0n) is 13.6. The normalized spacial score (nSPS) is 11.7. The smallest absolute Gasteiger partial charge is 0.199 e. The molecule has 0 aliphatic heterocycles. The maximum Gasteiger partial charge on any atom is 0.199 e. The number of pyridine rings is 1. The molecule has 0 aliphatic rings. The van der Waals surface area contributed by atoms with Crippen molar-refractivity contribution in [3.05, 3.63) is 85.3 Å². The van der Waals surface area contributed by atoms with Gasteiger partial charge < -0.3 is 15.8 Å². The molecular weight excluding hydrogens is 300 g/mol. The van der Waals surface area contributed by atoms with Crippen molar-refractivity contribution in [3.63, 3.8) is 0 Å². The third-order valence-electron chi connectivity index (χ3n) is 2.96. The Balaban J connectivity index is 2.12. The predicted octanol–water partition coefficient (Wildman–Crippen LogP) is 4.08. The number of benzene rings is 1. The van der Waals surface area contributed by atoms with Gasteiger partial charge in [0.2, 0.25) is 0 Å². The number of anilines is 1. The molecule has 0 atom stereocenters. The number of nitrogens with two attached hydrogens (primary N) is 1. The van der Waals surface area contributed by atoms with E-state index < -0.39 is 0 Å². The zero-order valence-corrected chi connectivity index (χ0v) is 13.6. The van der Waals surface area contributed by atoms with Gasteiger partial charge in [0.15, 0.2) is 11.8 Å². The summed E-state index contributed by atoms with van der Waals surface area (Å²) in [6.07, 6.45) is 6.67. The maximum absolute atomic E-state index is 5.93. The molecule has 0 bridgehead atoms. The van der Waals surface area contributed by atoms with E-state index in [0.29, 0.717) is 17.3 Å². The van der Waals surface area contributed by atoms with Gasteiger partial charge in [0, 0.05) is 18.0 Å². The number of rotatable bonds is 6. The van der Waals surface area contributed by atoms with Crippen LogP contribution in [0.5, 0.6) is 5.75 Å². The second-order valence-corrected chi connectivity index (χ2v) is 4.95. The fourth-order valence-corrected chi connectivity index (χ4v) is 1.91. The fourth-order valence-electron chi connectivity index (χ4n) is 1.91. The summed E-state index contributed by atoms with van der Waals surface area (Å²) in [5, 5.41) is 3.02. The second-order valence-electron chi connectivity index (χ2n) is 4.95. The summed E-state index contributed by atoms with van der Waals surface area (Å²) in [4.78, 5) is 8.39. The Morgan fingerprint density at radius 2 is 2.12 bits per heavy atom. The molecule has 0 fully saturated rings. The van der Waals surface area contributed by atoms with Gasteiger partial charge in [-0.05, 0) is 48.9 Å². The highest BCUT2D eigenvalue weighted by Crippen LogP contribution is 2.20. The molecule has 24 heavy (non-hydrogen) atoms. The van der Waals surface area contributed by atoms with Crippen molar-refractivity contribution in [2.75, 3.05) is 5.32 Å². The van der Waals surface area contributed by atoms with Crippen molar-refractivity contribution in [2.24, 2.45) is 10.7 Å². The van der Waals surface area contributed by atoms with E-state index in [1.165, 1.54) is 0 Å². The molecule has 1 heterocycles. The van der Waals surface area contributed by atoms with Crippen LogP contribution in [0.2, 0.25) is 0 Å². The van der Waals surface area contributed by atoms with Crippen LogP contribution in [0.25, 0.3) is 0 Å². The summed E-state index contributed by atoms with van der Waals surface area (Å²) in [6.45, 7) is 9.31. The van der Waals surface area contributed by atoms with E-state index in [0.717, 1.165) is 11.3 Å². The predicted molar refractivity (Wildman–Crippen MR) is 99.4 cm³/mol. The van der Waals surface area contributed by atoms with E-state index >= 15 is 0 Å². The molecule has 0 radical (unpaired) electrons. The number of hydrogen-bond donors (Lipinski definition) is 2. The average molecular weight is 320 g/mol. The van der Waals surface area contributed by atoms with E-state index in [1.807, 2.05) is 43.3 Å². The van der Waals surface area contributed by atoms with Gasteiger partial charge in [-0.25, -0.2) is 4.98 Å². The first-order valence-corrected chi connectivity index (χ1v) is 7.37. The molecule has 0 saturated carbocycles. The SMILES string of the molecule is C=C/C=C(\C=C)Oc1cccc(NC(N)=Nc2cc(C)ccn2)c1. The molecule has 0 saturated heterocycles. The molecule has 3 N–H and O–H groups in total. The number of aliphatic imine (C=N–C) groups is 1. The molecule has 0 aliphatic carbocycles. The van der Waals surface area contributed by atoms with E-state index in [1.54, 1.807) is 24.4 Å². The van der Waals surface area contributed by atoms with Crippen LogP contribution in [0, 0.1) is 6.92 Å². The van der Waals surface area contributed by atoms with Crippen LogP contribution in [0.4, 0.5) is 11.5 Å². The average Bonchev–Trinajstić information content (AvgIpc) is 2.54. The Hall–Kier alpha value is -3.34.